The second kappa shape index (κ2) is 14.1. The fraction of sp³-hybridized carbons (Fsp3) is 0.355. The van der Waals surface area contributed by atoms with Gasteiger partial charge in [-0.3, -0.25) is 14.4 Å². The van der Waals surface area contributed by atoms with E-state index in [4.69, 9.17) is 14.2 Å². The van der Waals surface area contributed by atoms with Crippen molar-refractivity contribution >= 4 is 35.1 Å². The number of nitrogens with zero attached hydrogens (tertiary/aromatic N) is 1. The van der Waals surface area contributed by atoms with Crippen molar-refractivity contribution in [3.63, 3.8) is 0 Å². The first-order valence-electron chi connectivity index (χ1n) is 13.6. The highest BCUT2D eigenvalue weighted by molar-refractivity contribution is 7.98. The highest BCUT2D eigenvalue weighted by atomic mass is 32.2. The molecule has 10 nitrogen and oxygen atoms in total. The predicted octanol–water partition coefficient (Wildman–Crippen LogP) is 4.43. The van der Waals surface area contributed by atoms with Gasteiger partial charge < -0.3 is 30.2 Å². The molecule has 2 amide bonds. The van der Waals surface area contributed by atoms with Gasteiger partial charge in [-0.2, -0.15) is 11.8 Å². The van der Waals surface area contributed by atoms with Crippen molar-refractivity contribution < 1.29 is 23.8 Å². The van der Waals surface area contributed by atoms with Crippen LogP contribution in [0.4, 0.5) is 11.5 Å². The van der Waals surface area contributed by atoms with Gasteiger partial charge in [0.1, 0.15) is 11.9 Å². The Labute approximate surface area is 249 Å². The van der Waals surface area contributed by atoms with Crippen LogP contribution < -0.4 is 35.6 Å². The highest BCUT2D eigenvalue weighted by Crippen LogP contribution is 2.50. The molecule has 42 heavy (non-hydrogen) atoms. The third-order valence-electron chi connectivity index (χ3n) is 7.09. The zero-order valence-corrected chi connectivity index (χ0v) is 25.2. The van der Waals surface area contributed by atoms with Gasteiger partial charge in [-0.25, -0.2) is 4.98 Å². The number of pyridine rings is 1. The molecule has 1 aliphatic carbocycles. The van der Waals surface area contributed by atoms with Crippen LogP contribution in [-0.2, 0) is 16.0 Å². The second-order valence-electron chi connectivity index (χ2n) is 9.78. The molecule has 3 N–H and O–H groups in total. The largest absolute Gasteiger partial charge is 0.493 e. The molecule has 2 aromatic carbocycles. The van der Waals surface area contributed by atoms with Gasteiger partial charge in [0.15, 0.2) is 11.5 Å². The Morgan fingerprint density at radius 2 is 1.86 bits per heavy atom. The maximum Gasteiger partial charge on any atom is 0.248 e. The lowest BCUT2D eigenvalue weighted by Gasteiger charge is -2.19. The highest BCUT2D eigenvalue weighted by Gasteiger charge is 2.30. The van der Waals surface area contributed by atoms with Crippen LogP contribution in [0.1, 0.15) is 36.9 Å². The zero-order valence-electron chi connectivity index (χ0n) is 24.4. The molecule has 2 atom stereocenters. The first-order chi connectivity index (χ1) is 20.3. The molecule has 0 spiro atoms. The van der Waals surface area contributed by atoms with Crippen LogP contribution in [-0.4, -0.2) is 56.2 Å². The molecule has 0 aliphatic heterocycles. The Balaban J connectivity index is 1.85. The van der Waals surface area contributed by atoms with Crippen LogP contribution in [0, 0.1) is 0 Å². The maximum atomic E-state index is 13.7. The molecule has 1 aromatic heterocycles. The van der Waals surface area contributed by atoms with Crippen LogP contribution in [0.25, 0.3) is 11.1 Å². The quantitative estimate of drug-likeness (QED) is 0.296. The summed E-state index contributed by atoms with van der Waals surface area (Å²) < 4.78 is 17.1. The van der Waals surface area contributed by atoms with Crippen molar-refractivity contribution in [2.24, 2.45) is 0 Å². The van der Waals surface area contributed by atoms with E-state index in [1.807, 2.05) is 18.4 Å². The van der Waals surface area contributed by atoms with Crippen LogP contribution in [0.5, 0.6) is 17.2 Å². The number of thioether (sulfide) groups is 1. The molecule has 4 rings (SSSR count). The van der Waals surface area contributed by atoms with Gasteiger partial charge in [-0.05, 0) is 78.3 Å². The topological polar surface area (TPSA) is 128 Å². The SMILES string of the molecule is COc1cc2c(c(OC)c1OC)-c1ccc(N[C@@H](CCSC)C(=O)Nc3ccccn3)c(=O)cc1[C@@H](NC(C)=O)CC2. The molecular formula is C31H36N4O6S. The summed E-state index contributed by atoms with van der Waals surface area (Å²) in [4.78, 5) is 43.4. The van der Waals surface area contributed by atoms with Crippen molar-refractivity contribution in [2.75, 3.05) is 44.0 Å². The van der Waals surface area contributed by atoms with Gasteiger partial charge >= 0.3 is 0 Å². The number of aromatic nitrogens is 1. The minimum Gasteiger partial charge on any atom is -0.493 e. The molecule has 0 radical (unpaired) electrons. The van der Waals surface area contributed by atoms with E-state index in [1.54, 1.807) is 56.4 Å². The fourth-order valence-corrected chi connectivity index (χ4v) is 5.64. The number of hydrogen-bond donors (Lipinski definition) is 3. The van der Waals surface area contributed by atoms with E-state index in [0.717, 1.165) is 11.1 Å². The van der Waals surface area contributed by atoms with Gasteiger partial charge in [0, 0.05) is 18.7 Å². The average Bonchev–Trinajstić information content (AvgIpc) is 3.22. The normalized spacial score (nSPS) is 14.4. The lowest BCUT2D eigenvalue weighted by molar-refractivity contribution is -0.120. The molecule has 1 heterocycles. The predicted molar refractivity (Wildman–Crippen MR) is 166 cm³/mol. The second-order valence-corrected chi connectivity index (χ2v) is 10.8. The first kappa shape index (κ1) is 30.7. The Morgan fingerprint density at radius 3 is 2.50 bits per heavy atom. The summed E-state index contributed by atoms with van der Waals surface area (Å²) in [5.41, 5.74) is 2.99. The summed E-state index contributed by atoms with van der Waals surface area (Å²) in [5.74, 6) is 2.05. The molecule has 3 aromatic rings. The van der Waals surface area contributed by atoms with E-state index in [1.165, 1.54) is 20.1 Å². The molecule has 0 saturated carbocycles. The smallest absolute Gasteiger partial charge is 0.248 e. The van der Waals surface area contributed by atoms with E-state index in [9.17, 15) is 14.4 Å². The Hall–Kier alpha value is -4.25. The number of aryl methyl sites for hydroxylation is 1. The standard InChI is InChI=1S/C31H36N4O6S/c1-18(36)33-22-11-9-19-16-26(39-2)29(40-3)30(41-4)28(19)20-10-12-23(25(37)17-21(20)22)34-24(13-15-42-5)31(38)35-27-8-6-7-14-32-27/h6-8,10,12,14,16-17,22,24H,9,11,13,15H2,1-5H3,(H,33,36)(H,34,37)(H,32,35,38)/t22-,24-/m0/s1. The number of amides is 2. The summed E-state index contributed by atoms with van der Waals surface area (Å²) in [6, 6.07) is 11.1. The van der Waals surface area contributed by atoms with Crippen LogP contribution in [0.2, 0.25) is 0 Å². The molecule has 0 bridgehead atoms. The minimum atomic E-state index is -0.688. The van der Waals surface area contributed by atoms with E-state index in [-0.39, 0.29) is 22.9 Å². The van der Waals surface area contributed by atoms with Gasteiger partial charge in [-0.15, -0.1) is 0 Å². The van der Waals surface area contributed by atoms with Crippen molar-refractivity contribution in [1.82, 2.24) is 10.3 Å². The number of rotatable bonds is 11. The van der Waals surface area contributed by atoms with Crippen LogP contribution in [0.15, 0.2) is 53.5 Å². The van der Waals surface area contributed by atoms with Crippen LogP contribution in [0.3, 0.4) is 0 Å². The molecule has 0 unspecified atom stereocenters. The van der Waals surface area contributed by atoms with E-state index >= 15 is 0 Å². The van der Waals surface area contributed by atoms with Gasteiger partial charge in [0.05, 0.1) is 33.1 Å². The molecular weight excluding hydrogens is 556 g/mol. The number of fused-ring (bicyclic) bond motifs is 3. The Bertz CT molecular complexity index is 1500. The summed E-state index contributed by atoms with van der Waals surface area (Å²) >= 11 is 1.61. The van der Waals surface area contributed by atoms with Gasteiger partial charge in [0.2, 0.25) is 23.0 Å². The summed E-state index contributed by atoms with van der Waals surface area (Å²) in [5, 5.41) is 9.02. The number of hydrogen-bond acceptors (Lipinski definition) is 9. The third kappa shape index (κ3) is 6.79. The Kier molecular flexibility index (Phi) is 10.3. The van der Waals surface area contributed by atoms with Crippen molar-refractivity contribution in [3.8, 4) is 28.4 Å². The fourth-order valence-electron chi connectivity index (χ4n) is 5.17. The van der Waals surface area contributed by atoms with E-state index in [2.05, 4.69) is 20.9 Å². The minimum absolute atomic E-state index is 0.209. The van der Waals surface area contributed by atoms with Crippen molar-refractivity contribution in [2.45, 2.75) is 38.3 Å². The maximum absolute atomic E-state index is 13.7. The Morgan fingerprint density at radius 1 is 1.07 bits per heavy atom. The number of anilines is 2. The lowest BCUT2D eigenvalue weighted by atomic mass is 9.95. The van der Waals surface area contributed by atoms with Gasteiger partial charge in [-0.1, -0.05) is 12.1 Å². The zero-order chi connectivity index (χ0) is 30.2. The van der Waals surface area contributed by atoms with Crippen molar-refractivity contribution in [1.29, 1.82) is 0 Å². The number of benzene rings is 1. The average molecular weight is 593 g/mol. The number of carbonyl (C=O) groups is 2. The molecule has 1 aliphatic rings. The number of ether oxygens (including phenoxy) is 3. The van der Waals surface area contributed by atoms with Crippen LogP contribution >= 0.6 is 11.8 Å². The number of carbonyl (C=O) groups excluding carboxylic acids is 2. The molecule has 11 heteroatoms. The number of nitrogens with one attached hydrogen (secondary N) is 3. The third-order valence-corrected chi connectivity index (χ3v) is 7.73. The van der Waals surface area contributed by atoms with Gasteiger partial charge in [0.25, 0.3) is 0 Å². The molecule has 0 saturated heterocycles. The first-order valence-corrected chi connectivity index (χ1v) is 15.0. The summed E-state index contributed by atoms with van der Waals surface area (Å²) in [6.45, 7) is 1.45. The summed E-state index contributed by atoms with van der Waals surface area (Å²) in [6.07, 6.45) is 5.19. The van der Waals surface area contributed by atoms with Crippen molar-refractivity contribution in [3.05, 3.63) is 70.0 Å². The molecule has 0 fully saturated rings. The van der Waals surface area contributed by atoms with E-state index in [0.29, 0.717) is 59.2 Å². The van der Waals surface area contributed by atoms with E-state index < -0.39 is 12.1 Å². The summed E-state index contributed by atoms with van der Waals surface area (Å²) in [7, 11) is 4.66. The lowest BCUT2D eigenvalue weighted by Crippen LogP contribution is -2.36. The molecule has 222 valence electrons. The monoisotopic (exact) mass is 592 g/mol. The number of methoxy groups -OCH3 is 3.